The van der Waals surface area contributed by atoms with E-state index in [1.165, 1.54) is 0 Å². The number of carbonyl (C=O) groups excluding carboxylic acids is 1. The molecule has 0 aliphatic carbocycles. The van der Waals surface area contributed by atoms with Gasteiger partial charge >= 0.3 is 5.97 Å². The summed E-state index contributed by atoms with van der Waals surface area (Å²) in [4.78, 5) is 11.7. The molecule has 1 saturated heterocycles. The number of carbonyl (C=O) groups is 1. The van der Waals surface area contributed by atoms with Gasteiger partial charge in [0.2, 0.25) is 0 Å². The fourth-order valence-electron chi connectivity index (χ4n) is 2.18. The lowest BCUT2D eigenvalue weighted by Crippen LogP contribution is -2.57. The highest BCUT2D eigenvalue weighted by atomic mass is 16.6. The summed E-state index contributed by atoms with van der Waals surface area (Å²) in [5.74, 6) is -0.484. The molecule has 5 unspecified atom stereocenters. The van der Waals surface area contributed by atoms with Crippen LogP contribution >= 0.6 is 0 Å². The van der Waals surface area contributed by atoms with Crippen LogP contribution in [0.15, 0.2) is 0 Å². The summed E-state index contributed by atoms with van der Waals surface area (Å²) >= 11 is 0. The number of esters is 1. The van der Waals surface area contributed by atoms with Crippen LogP contribution in [0.25, 0.3) is 0 Å². The Morgan fingerprint density at radius 2 is 1.74 bits per heavy atom. The topological polar surface area (TPSA) is 96.2 Å². The standard InChI is InChI=1S/C13H24O6/c1-4-8(5-2)13(17)18-6-9-11(15)12(16)10(14)7(3)19-9/h7-12,14-16H,4-6H2,1-3H3. The first-order valence-electron chi connectivity index (χ1n) is 6.78. The molecule has 1 aliphatic rings. The molecule has 6 heteroatoms. The Balaban J connectivity index is 2.51. The van der Waals surface area contributed by atoms with Gasteiger partial charge in [-0.15, -0.1) is 0 Å². The third-order valence-electron chi connectivity index (χ3n) is 3.66. The predicted octanol–water partition coefficient (Wildman–Crippen LogP) is -0.164. The molecule has 19 heavy (non-hydrogen) atoms. The van der Waals surface area contributed by atoms with E-state index in [2.05, 4.69) is 0 Å². The number of aliphatic hydroxyl groups excluding tert-OH is 3. The molecule has 5 atom stereocenters. The van der Waals surface area contributed by atoms with Crippen molar-refractivity contribution in [3.05, 3.63) is 0 Å². The second-order valence-corrected chi connectivity index (χ2v) is 4.99. The van der Waals surface area contributed by atoms with Gasteiger partial charge in [0.1, 0.15) is 31.0 Å². The molecule has 1 heterocycles. The molecule has 0 amide bonds. The lowest BCUT2D eigenvalue weighted by atomic mass is 9.96. The lowest BCUT2D eigenvalue weighted by molar-refractivity contribution is -0.228. The van der Waals surface area contributed by atoms with Crippen molar-refractivity contribution in [1.82, 2.24) is 0 Å². The van der Waals surface area contributed by atoms with E-state index >= 15 is 0 Å². The van der Waals surface area contributed by atoms with Gasteiger partial charge in [-0.2, -0.15) is 0 Å². The van der Waals surface area contributed by atoms with Crippen LogP contribution in [0.5, 0.6) is 0 Å². The Morgan fingerprint density at radius 3 is 2.26 bits per heavy atom. The average Bonchev–Trinajstić information content (AvgIpc) is 2.40. The maximum Gasteiger partial charge on any atom is 0.309 e. The molecule has 1 fully saturated rings. The molecule has 112 valence electrons. The molecular formula is C13H24O6. The van der Waals surface area contributed by atoms with Crippen LogP contribution in [-0.2, 0) is 14.3 Å². The van der Waals surface area contributed by atoms with Gasteiger partial charge in [-0.05, 0) is 19.8 Å². The van der Waals surface area contributed by atoms with E-state index in [0.29, 0.717) is 12.8 Å². The molecule has 0 bridgehead atoms. The molecule has 3 N–H and O–H groups in total. The first-order valence-corrected chi connectivity index (χ1v) is 6.78. The van der Waals surface area contributed by atoms with Crippen LogP contribution in [0.1, 0.15) is 33.6 Å². The molecule has 0 aromatic carbocycles. The third-order valence-corrected chi connectivity index (χ3v) is 3.66. The molecule has 1 aliphatic heterocycles. The fraction of sp³-hybridized carbons (Fsp3) is 0.923. The van der Waals surface area contributed by atoms with Crippen molar-refractivity contribution in [2.45, 2.75) is 64.1 Å². The van der Waals surface area contributed by atoms with Crippen LogP contribution in [0.4, 0.5) is 0 Å². The average molecular weight is 276 g/mol. The number of aliphatic hydroxyl groups is 3. The summed E-state index contributed by atoms with van der Waals surface area (Å²) in [5.41, 5.74) is 0. The Hall–Kier alpha value is -0.690. The molecular weight excluding hydrogens is 252 g/mol. The summed E-state index contributed by atoms with van der Waals surface area (Å²) in [6, 6.07) is 0. The molecule has 0 spiro atoms. The Labute approximate surface area is 113 Å². The second-order valence-electron chi connectivity index (χ2n) is 4.99. The van der Waals surface area contributed by atoms with Crippen LogP contribution in [0.2, 0.25) is 0 Å². The minimum Gasteiger partial charge on any atom is -0.463 e. The second kappa shape index (κ2) is 7.19. The van der Waals surface area contributed by atoms with Crippen molar-refractivity contribution >= 4 is 5.97 Å². The lowest BCUT2D eigenvalue weighted by Gasteiger charge is -2.39. The van der Waals surface area contributed by atoms with E-state index in [0.717, 1.165) is 0 Å². The number of rotatable bonds is 5. The minimum absolute atomic E-state index is 0.120. The van der Waals surface area contributed by atoms with Crippen molar-refractivity contribution in [2.24, 2.45) is 5.92 Å². The summed E-state index contributed by atoms with van der Waals surface area (Å²) < 4.78 is 10.5. The third kappa shape index (κ3) is 3.89. The molecule has 0 aromatic heterocycles. The van der Waals surface area contributed by atoms with E-state index in [4.69, 9.17) is 9.47 Å². The maximum atomic E-state index is 11.7. The maximum absolute atomic E-state index is 11.7. The Morgan fingerprint density at radius 1 is 1.16 bits per heavy atom. The van der Waals surface area contributed by atoms with Gasteiger partial charge in [0.05, 0.1) is 12.0 Å². The largest absolute Gasteiger partial charge is 0.463 e. The van der Waals surface area contributed by atoms with Crippen LogP contribution in [-0.4, -0.2) is 58.4 Å². The quantitative estimate of drug-likeness (QED) is 0.604. The number of hydrogen-bond acceptors (Lipinski definition) is 6. The first-order chi connectivity index (χ1) is 8.92. The molecule has 1 rings (SSSR count). The molecule has 0 aromatic rings. The van der Waals surface area contributed by atoms with Crippen molar-refractivity contribution in [2.75, 3.05) is 6.61 Å². The van der Waals surface area contributed by atoms with E-state index < -0.39 is 30.5 Å². The van der Waals surface area contributed by atoms with Crippen molar-refractivity contribution < 1.29 is 29.6 Å². The van der Waals surface area contributed by atoms with Crippen molar-refractivity contribution in [3.63, 3.8) is 0 Å². The van der Waals surface area contributed by atoms with Gasteiger partial charge in [0.15, 0.2) is 0 Å². The minimum atomic E-state index is -1.29. The smallest absolute Gasteiger partial charge is 0.309 e. The highest BCUT2D eigenvalue weighted by molar-refractivity contribution is 5.72. The molecule has 0 radical (unpaired) electrons. The zero-order chi connectivity index (χ0) is 14.6. The highest BCUT2D eigenvalue weighted by Crippen LogP contribution is 2.21. The van der Waals surface area contributed by atoms with E-state index in [1.807, 2.05) is 13.8 Å². The van der Waals surface area contributed by atoms with Gasteiger partial charge in [0.25, 0.3) is 0 Å². The fourth-order valence-corrected chi connectivity index (χ4v) is 2.18. The molecule has 6 nitrogen and oxygen atoms in total. The van der Waals surface area contributed by atoms with Gasteiger partial charge in [0, 0.05) is 0 Å². The summed E-state index contributed by atoms with van der Waals surface area (Å²) in [6.45, 7) is 5.28. The first kappa shape index (κ1) is 16.4. The zero-order valence-corrected chi connectivity index (χ0v) is 11.7. The van der Waals surface area contributed by atoms with Crippen molar-refractivity contribution in [3.8, 4) is 0 Å². The Kier molecular flexibility index (Phi) is 6.19. The van der Waals surface area contributed by atoms with Gasteiger partial charge in [-0.3, -0.25) is 4.79 Å². The Bertz CT molecular complexity index is 291. The van der Waals surface area contributed by atoms with Gasteiger partial charge in [-0.25, -0.2) is 0 Å². The monoisotopic (exact) mass is 276 g/mol. The zero-order valence-electron chi connectivity index (χ0n) is 11.7. The van der Waals surface area contributed by atoms with E-state index in [1.54, 1.807) is 6.92 Å². The van der Waals surface area contributed by atoms with E-state index in [-0.39, 0.29) is 18.5 Å². The van der Waals surface area contributed by atoms with Gasteiger partial charge < -0.3 is 24.8 Å². The summed E-state index contributed by atoms with van der Waals surface area (Å²) in [6.07, 6.45) is -3.73. The number of ether oxygens (including phenoxy) is 2. The van der Waals surface area contributed by atoms with Crippen molar-refractivity contribution in [1.29, 1.82) is 0 Å². The van der Waals surface area contributed by atoms with E-state index in [9.17, 15) is 20.1 Å². The van der Waals surface area contributed by atoms with Crippen LogP contribution in [0, 0.1) is 5.92 Å². The van der Waals surface area contributed by atoms with Crippen LogP contribution < -0.4 is 0 Å². The SMILES string of the molecule is CCC(CC)C(=O)OCC1OC(C)C(O)C(O)C1O. The highest BCUT2D eigenvalue weighted by Gasteiger charge is 2.42. The summed E-state index contributed by atoms with van der Waals surface area (Å²) in [7, 11) is 0. The van der Waals surface area contributed by atoms with Crippen LogP contribution in [0.3, 0.4) is 0 Å². The normalized spacial score (nSPS) is 35.4. The summed E-state index contributed by atoms with van der Waals surface area (Å²) in [5, 5.41) is 28.9. The van der Waals surface area contributed by atoms with Gasteiger partial charge in [-0.1, -0.05) is 13.8 Å². The number of hydrogen-bond donors (Lipinski definition) is 3. The predicted molar refractivity (Wildman–Crippen MR) is 67.4 cm³/mol. The molecule has 0 saturated carbocycles.